The second kappa shape index (κ2) is 9.21. The molecule has 9 heteroatoms. The van der Waals surface area contributed by atoms with E-state index in [-0.39, 0.29) is 18.1 Å². The number of ether oxygens (including phenoxy) is 4. The normalized spacial score (nSPS) is 14.4. The molecule has 1 heterocycles. The number of hydrogen-bond acceptors (Lipinski definition) is 7. The van der Waals surface area contributed by atoms with Crippen molar-refractivity contribution in [3.63, 3.8) is 0 Å². The largest absolute Gasteiger partial charge is 0.497 e. The number of allylic oxidation sites excluding steroid dienone is 1. The van der Waals surface area contributed by atoms with E-state index in [0.29, 0.717) is 34.1 Å². The fourth-order valence-electron chi connectivity index (χ4n) is 2.83. The van der Waals surface area contributed by atoms with Crippen molar-refractivity contribution in [2.45, 2.75) is 13.0 Å². The summed E-state index contributed by atoms with van der Waals surface area (Å²) in [6, 6.07) is 8.72. The summed E-state index contributed by atoms with van der Waals surface area (Å²) in [5, 5.41) is 11.1. The van der Waals surface area contributed by atoms with Gasteiger partial charge in [0.2, 0.25) is 5.78 Å². The van der Waals surface area contributed by atoms with Gasteiger partial charge in [-0.05, 0) is 37.3 Å². The van der Waals surface area contributed by atoms with Crippen molar-refractivity contribution in [3.05, 3.63) is 53.3 Å². The average Bonchev–Trinajstić information content (AvgIpc) is 3.07. The molecule has 0 saturated heterocycles. The first kappa shape index (κ1) is 21.7. The summed E-state index contributed by atoms with van der Waals surface area (Å²) in [5.74, 6) is -0.191. The van der Waals surface area contributed by atoms with E-state index in [1.165, 1.54) is 32.2 Å². The highest BCUT2D eigenvalue weighted by atomic mass is 16.5. The molecular formula is C22H21NO8. The number of carbonyl (C=O) groups is 3. The predicted molar refractivity (Wildman–Crippen MR) is 110 cm³/mol. The Balaban J connectivity index is 1.72. The molecule has 0 fully saturated rings. The zero-order valence-corrected chi connectivity index (χ0v) is 17.1. The molecule has 0 radical (unpaired) electrons. The Morgan fingerprint density at radius 3 is 2.55 bits per heavy atom. The summed E-state index contributed by atoms with van der Waals surface area (Å²) in [7, 11) is 3.06. The number of ketones is 1. The number of rotatable bonds is 8. The molecule has 31 heavy (non-hydrogen) atoms. The smallest absolute Gasteiger partial charge is 0.325 e. The highest BCUT2D eigenvalue weighted by Crippen LogP contribution is 2.36. The lowest BCUT2D eigenvalue weighted by Crippen LogP contribution is -2.40. The van der Waals surface area contributed by atoms with Crippen LogP contribution in [0.5, 0.6) is 23.0 Å². The van der Waals surface area contributed by atoms with E-state index in [9.17, 15) is 14.4 Å². The van der Waals surface area contributed by atoms with E-state index in [2.05, 4.69) is 5.32 Å². The molecule has 2 aromatic carbocycles. The van der Waals surface area contributed by atoms with E-state index in [0.717, 1.165) is 0 Å². The molecule has 0 aliphatic carbocycles. The molecule has 0 bridgehead atoms. The Labute approximate surface area is 178 Å². The van der Waals surface area contributed by atoms with Gasteiger partial charge < -0.3 is 29.4 Å². The number of benzene rings is 2. The van der Waals surface area contributed by atoms with Crippen LogP contribution in [0.1, 0.15) is 22.8 Å². The van der Waals surface area contributed by atoms with Crippen molar-refractivity contribution in [3.8, 4) is 23.0 Å². The lowest BCUT2D eigenvalue weighted by molar-refractivity contribution is -0.141. The molecule has 0 saturated carbocycles. The third-order valence-electron chi connectivity index (χ3n) is 4.49. The maximum absolute atomic E-state index is 12.7. The zero-order valence-electron chi connectivity index (χ0n) is 17.1. The van der Waals surface area contributed by atoms with Crippen LogP contribution in [-0.2, 0) is 9.59 Å². The fourth-order valence-corrected chi connectivity index (χ4v) is 2.83. The first-order valence-electron chi connectivity index (χ1n) is 9.27. The second-order valence-corrected chi connectivity index (χ2v) is 6.62. The van der Waals surface area contributed by atoms with E-state index in [4.69, 9.17) is 24.1 Å². The van der Waals surface area contributed by atoms with Crippen molar-refractivity contribution >= 4 is 23.7 Å². The number of fused-ring (bicyclic) bond motifs is 1. The van der Waals surface area contributed by atoms with Crippen LogP contribution in [0.25, 0.3) is 6.08 Å². The minimum atomic E-state index is -1.15. The van der Waals surface area contributed by atoms with Crippen molar-refractivity contribution in [1.82, 2.24) is 5.32 Å². The fraction of sp³-hybridized carbons (Fsp3) is 0.227. The van der Waals surface area contributed by atoms with E-state index in [1.54, 1.807) is 31.4 Å². The Morgan fingerprint density at radius 2 is 1.87 bits per heavy atom. The molecule has 0 aromatic heterocycles. The van der Waals surface area contributed by atoms with Gasteiger partial charge in [0.1, 0.15) is 29.0 Å². The summed E-state index contributed by atoms with van der Waals surface area (Å²) in [4.78, 5) is 35.2. The SMILES string of the molecule is COc1ccc(C=C2Oc3cc(OCC(=O)N[C@H](C)C(=O)O)ccc3C2=O)c(OC)c1. The maximum Gasteiger partial charge on any atom is 0.325 e. The second-order valence-electron chi connectivity index (χ2n) is 6.62. The average molecular weight is 427 g/mol. The van der Waals surface area contributed by atoms with Gasteiger partial charge >= 0.3 is 5.97 Å². The summed E-state index contributed by atoms with van der Waals surface area (Å²) in [6.45, 7) is 0.969. The molecule has 3 rings (SSSR count). The molecule has 9 nitrogen and oxygen atoms in total. The molecule has 1 amide bonds. The van der Waals surface area contributed by atoms with Gasteiger partial charge in [-0.25, -0.2) is 0 Å². The van der Waals surface area contributed by atoms with Gasteiger partial charge in [-0.1, -0.05) is 0 Å². The van der Waals surface area contributed by atoms with Gasteiger partial charge in [-0.3, -0.25) is 14.4 Å². The van der Waals surface area contributed by atoms with Gasteiger partial charge in [-0.2, -0.15) is 0 Å². The first-order chi connectivity index (χ1) is 14.8. The third kappa shape index (κ3) is 4.95. The lowest BCUT2D eigenvalue weighted by atomic mass is 10.1. The minimum Gasteiger partial charge on any atom is -0.497 e. The zero-order chi connectivity index (χ0) is 22.5. The number of Topliss-reactive ketones (excluding diaryl/α,β-unsaturated/α-hetero) is 1. The highest BCUT2D eigenvalue weighted by Gasteiger charge is 2.28. The number of carboxylic acid groups (broad SMARTS) is 1. The molecule has 2 N–H and O–H groups in total. The van der Waals surface area contributed by atoms with Gasteiger partial charge in [0, 0.05) is 17.7 Å². The van der Waals surface area contributed by atoms with Crippen molar-refractivity contribution < 1.29 is 38.4 Å². The Hall–Kier alpha value is -4.01. The number of carbonyl (C=O) groups excluding carboxylic acids is 2. The van der Waals surface area contributed by atoms with E-state index in [1.807, 2.05) is 0 Å². The van der Waals surface area contributed by atoms with Gasteiger partial charge in [-0.15, -0.1) is 0 Å². The number of aliphatic carboxylic acids is 1. The number of methoxy groups -OCH3 is 2. The van der Waals surface area contributed by atoms with Crippen LogP contribution < -0.4 is 24.3 Å². The molecule has 2 aromatic rings. The highest BCUT2D eigenvalue weighted by molar-refractivity contribution is 6.14. The summed E-state index contributed by atoms with van der Waals surface area (Å²) in [6.07, 6.45) is 1.57. The van der Waals surface area contributed by atoms with Crippen molar-refractivity contribution in [2.24, 2.45) is 0 Å². The quantitative estimate of drug-likeness (QED) is 0.616. The van der Waals surface area contributed by atoms with Crippen LogP contribution >= 0.6 is 0 Å². The van der Waals surface area contributed by atoms with Crippen LogP contribution in [-0.4, -0.2) is 49.6 Å². The number of carboxylic acids is 1. The third-order valence-corrected chi connectivity index (χ3v) is 4.49. The van der Waals surface area contributed by atoms with Crippen molar-refractivity contribution in [1.29, 1.82) is 0 Å². The Bertz CT molecular complexity index is 1060. The first-order valence-corrected chi connectivity index (χ1v) is 9.27. The lowest BCUT2D eigenvalue weighted by Gasteiger charge is -2.10. The molecule has 0 spiro atoms. The summed E-state index contributed by atoms with van der Waals surface area (Å²) in [5.41, 5.74) is 0.996. The maximum atomic E-state index is 12.7. The predicted octanol–water partition coefficient (Wildman–Crippen LogP) is 2.29. The molecule has 162 valence electrons. The van der Waals surface area contributed by atoms with Crippen molar-refractivity contribution in [2.75, 3.05) is 20.8 Å². The van der Waals surface area contributed by atoms with Gasteiger partial charge in [0.15, 0.2) is 12.4 Å². The molecule has 1 aliphatic rings. The monoisotopic (exact) mass is 427 g/mol. The molecule has 1 aliphatic heterocycles. The summed E-state index contributed by atoms with van der Waals surface area (Å²) < 4.78 is 21.6. The molecule has 0 unspecified atom stereocenters. The van der Waals surface area contributed by atoms with Crippen LogP contribution in [0.2, 0.25) is 0 Å². The molecular weight excluding hydrogens is 406 g/mol. The van der Waals surface area contributed by atoms with Crippen LogP contribution in [0.4, 0.5) is 0 Å². The van der Waals surface area contributed by atoms with Crippen LogP contribution in [0, 0.1) is 0 Å². The minimum absolute atomic E-state index is 0.114. The summed E-state index contributed by atoms with van der Waals surface area (Å²) >= 11 is 0. The van der Waals surface area contributed by atoms with Gasteiger partial charge in [0.05, 0.1) is 19.8 Å². The molecule has 1 atom stereocenters. The van der Waals surface area contributed by atoms with E-state index < -0.39 is 17.9 Å². The Kier molecular flexibility index (Phi) is 6.44. The number of hydrogen-bond donors (Lipinski definition) is 2. The van der Waals surface area contributed by atoms with Gasteiger partial charge in [0.25, 0.3) is 5.91 Å². The van der Waals surface area contributed by atoms with Crippen LogP contribution in [0.3, 0.4) is 0 Å². The standard InChI is InChI=1S/C22H21NO8/c1-12(22(26)27)23-20(24)11-30-15-6-7-16-18(10-15)31-19(21(16)25)8-13-4-5-14(28-2)9-17(13)29-3/h4-10,12H,11H2,1-3H3,(H,23,24)(H,26,27)/t12-/m1/s1. The number of amides is 1. The Morgan fingerprint density at radius 1 is 1.13 bits per heavy atom. The topological polar surface area (TPSA) is 120 Å². The number of nitrogens with one attached hydrogen (secondary N) is 1. The van der Waals surface area contributed by atoms with E-state index >= 15 is 0 Å². The van der Waals surface area contributed by atoms with Crippen LogP contribution in [0.15, 0.2) is 42.2 Å².